The fraction of sp³-hybridized carbons (Fsp3) is 0.250. The quantitative estimate of drug-likeness (QED) is 0.486. The highest BCUT2D eigenvalue weighted by atomic mass is 32.2. The van der Waals surface area contributed by atoms with Crippen LogP contribution in [0.25, 0.3) is 10.9 Å². The van der Waals surface area contributed by atoms with E-state index < -0.39 is 0 Å². The Morgan fingerprint density at radius 1 is 1.14 bits per heavy atom. The molecule has 0 fully saturated rings. The Hall–Kier alpha value is -3.00. The fourth-order valence-corrected chi connectivity index (χ4v) is 3.57. The smallest absolute Gasteiger partial charge is 0.261 e. The number of nitrogens with zero attached hydrogens (tertiary/aromatic N) is 2. The van der Waals surface area contributed by atoms with E-state index in [4.69, 9.17) is 9.47 Å². The van der Waals surface area contributed by atoms with Gasteiger partial charge in [-0.2, -0.15) is 0 Å². The Morgan fingerprint density at radius 3 is 2.50 bits per heavy atom. The highest BCUT2D eigenvalue weighted by Gasteiger charge is 2.10. The molecular formula is C20H21N3O4S. The normalized spacial score (nSPS) is 10.7. The maximum absolute atomic E-state index is 12.4. The molecule has 7 nitrogen and oxygen atoms in total. The molecule has 0 bridgehead atoms. The van der Waals surface area contributed by atoms with Gasteiger partial charge >= 0.3 is 0 Å². The topological polar surface area (TPSA) is 82.5 Å². The zero-order valence-corrected chi connectivity index (χ0v) is 16.7. The van der Waals surface area contributed by atoms with Gasteiger partial charge in [0, 0.05) is 43.1 Å². The van der Waals surface area contributed by atoms with E-state index in [2.05, 4.69) is 10.3 Å². The van der Waals surface area contributed by atoms with Gasteiger partial charge in [0.15, 0.2) is 5.16 Å². The largest absolute Gasteiger partial charge is 0.497 e. The van der Waals surface area contributed by atoms with Crippen molar-refractivity contribution >= 4 is 34.3 Å². The summed E-state index contributed by atoms with van der Waals surface area (Å²) in [6, 6.07) is 12.4. The molecular weight excluding hydrogens is 378 g/mol. The van der Waals surface area contributed by atoms with Crippen LogP contribution in [-0.2, 0) is 11.8 Å². The molecule has 0 atom stereocenters. The number of carbonyl (C=O) groups excluding carboxylic acids is 1. The summed E-state index contributed by atoms with van der Waals surface area (Å²) in [6.07, 6.45) is 0.271. The molecule has 1 amide bonds. The van der Waals surface area contributed by atoms with Crippen LogP contribution in [0.15, 0.2) is 52.4 Å². The number of amides is 1. The molecule has 0 unspecified atom stereocenters. The minimum atomic E-state index is -0.145. The summed E-state index contributed by atoms with van der Waals surface area (Å²) in [7, 11) is 4.79. The van der Waals surface area contributed by atoms with Crippen LogP contribution in [-0.4, -0.2) is 35.4 Å². The van der Waals surface area contributed by atoms with Crippen molar-refractivity contribution in [1.29, 1.82) is 0 Å². The monoisotopic (exact) mass is 399 g/mol. The minimum absolute atomic E-state index is 0.0963. The number of benzene rings is 2. The van der Waals surface area contributed by atoms with Gasteiger partial charge in [0.2, 0.25) is 5.91 Å². The molecule has 1 aromatic heterocycles. The first-order chi connectivity index (χ1) is 13.5. The lowest BCUT2D eigenvalue weighted by molar-refractivity contribution is -0.115. The van der Waals surface area contributed by atoms with Gasteiger partial charge in [-0.15, -0.1) is 0 Å². The molecule has 8 heteroatoms. The Bertz CT molecular complexity index is 1040. The zero-order chi connectivity index (χ0) is 20.1. The summed E-state index contributed by atoms with van der Waals surface area (Å²) < 4.78 is 11.9. The average molecular weight is 399 g/mol. The first-order valence-electron chi connectivity index (χ1n) is 8.63. The van der Waals surface area contributed by atoms with Crippen LogP contribution >= 0.6 is 11.8 Å². The van der Waals surface area contributed by atoms with Gasteiger partial charge in [-0.1, -0.05) is 23.9 Å². The van der Waals surface area contributed by atoms with Crippen molar-refractivity contribution in [2.24, 2.45) is 7.05 Å². The van der Waals surface area contributed by atoms with Crippen molar-refractivity contribution in [2.75, 3.05) is 25.3 Å². The Labute approximate surface area is 166 Å². The van der Waals surface area contributed by atoms with Crippen molar-refractivity contribution in [3.05, 3.63) is 52.8 Å². The SMILES string of the molecule is COc1cc(NC(=O)CCSc2nc3ccccc3c(=O)n2C)cc(OC)c1. The van der Waals surface area contributed by atoms with E-state index in [-0.39, 0.29) is 17.9 Å². The van der Waals surface area contributed by atoms with E-state index in [1.165, 1.54) is 16.3 Å². The summed E-state index contributed by atoms with van der Waals surface area (Å²) in [5.74, 6) is 1.54. The predicted octanol–water partition coefficient (Wildman–Crippen LogP) is 3.07. The molecule has 1 N–H and O–H groups in total. The maximum atomic E-state index is 12.4. The number of hydrogen-bond acceptors (Lipinski definition) is 6. The van der Waals surface area contributed by atoms with Crippen LogP contribution in [0.3, 0.4) is 0 Å². The van der Waals surface area contributed by atoms with Gasteiger partial charge in [0.1, 0.15) is 11.5 Å². The molecule has 0 saturated heterocycles. The molecule has 0 spiro atoms. The number of nitrogens with one attached hydrogen (secondary N) is 1. The van der Waals surface area contributed by atoms with E-state index in [9.17, 15) is 9.59 Å². The third kappa shape index (κ3) is 4.45. The number of aromatic nitrogens is 2. The number of ether oxygens (including phenoxy) is 2. The van der Waals surface area contributed by atoms with E-state index in [0.29, 0.717) is 39.0 Å². The van der Waals surface area contributed by atoms with Crippen LogP contribution in [0, 0.1) is 0 Å². The molecule has 0 aliphatic rings. The Balaban J connectivity index is 1.64. The second-order valence-corrected chi connectivity index (χ2v) is 7.09. The molecule has 1 heterocycles. The second-order valence-electron chi connectivity index (χ2n) is 6.02. The molecule has 2 aromatic carbocycles. The maximum Gasteiger partial charge on any atom is 0.261 e. The third-order valence-electron chi connectivity index (χ3n) is 4.14. The molecule has 28 heavy (non-hydrogen) atoms. The van der Waals surface area contributed by atoms with Crippen LogP contribution < -0.4 is 20.3 Å². The van der Waals surface area contributed by atoms with Crippen molar-refractivity contribution in [3.8, 4) is 11.5 Å². The standard InChI is InChI=1S/C20H21N3O4S/c1-23-19(25)16-6-4-5-7-17(16)22-20(23)28-9-8-18(24)21-13-10-14(26-2)12-15(11-13)27-3/h4-7,10-12H,8-9H2,1-3H3,(H,21,24). The molecule has 0 radical (unpaired) electrons. The van der Waals surface area contributed by atoms with Gasteiger partial charge < -0.3 is 14.8 Å². The fourth-order valence-electron chi connectivity index (χ4n) is 2.66. The summed E-state index contributed by atoms with van der Waals surface area (Å²) in [5, 5.41) is 4.00. The Kier molecular flexibility index (Phi) is 6.20. The molecule has 3 aromatic rings. The van der Waals surface area contributed by atoms with Gasteiger partial charge in [0.05, 0.1) is 25.1 Å². The molecule has 0 aliphatic carbocycles. The zero-order valence-electron chi connectivity index (χ0n) is 15.9. The highest BCUT2D eigenvalue weighted by Crippen LogP contribution is 2.26. The third-order valence-corrected chi connectivity index (χ3v) is 5.17. The number of carbonyl (C=O) groups is 1. The highest BCUT2D eigenvalue weighted by molar-refractivity contribution is 7.99. The molecule has 0 saturated carbocycles. The Morgan fingerprint density at radius 2 is 1.82 bits per heavy atom. The van der Waals surface area contributed by atoms with Crippen molar-refractivity contribution in [3.63, 3.8) is 0 Å². The molecule has 3 rings (SSSR count). The van der Waals surface area contributed by atoms with E-state index in [1.807, 2.05) is 18.2 Å². The number of anilines is 1. The van der Waals surface area contributed by atoms with Crippen LogP contribution in [0.2, 0.25) is 0 Å². The van der Waals surface area contributed by atoms with Crippen LogP contribution in [0.4, 0.5) is 5.69 Å². The van der Waals surface area contributed by atoms with E-state index in [0.717, 1.165) is 0 Å². The van der Waals surface area contributed by atoms with E-state index in [1.54, 1.807) is 45.5 Å². The summed E-state index contributed by atoms with van der Waals surface area (Å²) >= 11 is 1.37. The second kappa shape index (κ2) is 8.79. The number of rotatable bonds is 7. The number of methoxy groups -OCH3 is 2. The number of thioether (sulfide) groups is 1. The van der Waals surface area contributed by atoms with Crippen molar-refractivity contribution in [1.82, 2.24) is 9.55 Å². The van der Waals surface area contributed by atoms with Gasteiger partial charge in [-0.05, 0) is 12.1 Å². The lowest BCUT2D eigenvalue weighted by atomic mass is 10.2. The number of hydrogen-bond donors (Lipinski definition) is 1. The lowest BCUT2D eigenvalue weighted by Gasteiger charge is -2.10. The lowest BCUT2D eigenvalue weighted by Crippen LogP contribution is -2.20. The van der Waals surface area contributed by atoms with Crippen LogP contribution in [0.1, 0.15) is 6.42 Å². The van der Waals surface area contributed by atoms with Gasteiger partial charge in [-0.25, -0.2) is 4.98 Å². The van der Waals surface area contributed by atoms with Crippen molar-refractivity contribution < 1.29 is 14.3 Å². The number of fused-ring (bicyclic) bond motifs is 1. The first kappa shape index (κ1) is 19.8. The van der Waals surface area contributed by atoms with E-state index >= 15 is 0 Å². The molecule has 146 valence electrons. The average Bonchev–Trinajstić information content (AvgIpc) is 2.71. The van der Waals surface area contributed by atoms with Crippen LogP contribution in [0.5, 0.6) is 11.5 Å². The first-order valence-corrected chi connectivity index (χ1v) is 9.62. The summed E-state index contributed by atoms with van der Waals surface area (Å²) in [4.78, 5) is 29.2. The number of para-hydroxylation sites is 1. The summed E-state index contributed by atoms with van der Waals surface area (Å²) in [6.45, 7) is 0. The van der Waals surface area contributed by atoms with Crippen molar-refractivity contribution in [2.45, 2.75) is 11.6 Å². The minimum Gasteiger partial charge on any atom is -0.497 e. The van der Waals surface area contributed by atoms with Gasteiger partial charge in [0.25, 0.3) is 5.56 Å². The summed E-state index contributed by atoms with van der Waals surface area (Å²) in [5.41, 5.74) is 1.16. The predicted molar refractivity (Wildman–Crippen MR) is 111 cm³/mol. The molecule has 0 aliphatic heterocycles. The van der Waals surface area contributed by atoms with Gasteiger partial charge in [-0.3, -0.25) is 14.2 Å².